The zero-order valence-corrected chi connectivity index (χ0v) is 12.1. The fourth-order valence-corrected chi connectivity index (χ4v) is 3.33. The Kier molecular flexibility index (Phi) is 4.13. The number of aryl methyl sites for hydroxylation is 2. The molecule has 0 radical (unpaired) electrons. The van der Waals surface area contributed by atoms with Gasteiger partial charge in [-0.1, -0.05) is 18.7 Å². The number of hydrogen-bond donors (Lipinski definition) is 1. The van der Waals surface area contributed by atoms with Crippen LogP contribution in [0.3, 0.4) is 0 Å². The highest BCUT2D eigenvalue weighted by molar-refractivity contribution is 8.01. The molecule has 1 atom stereocenters. The van der Waals surface area contributed by atoms with Gasteiger partial charge in [0.15, 0.2) is 4.34 Å². The fraction of sp³-hybridized carbons (Fsp3) is 0.455. The van der Waals surface area contributed by atoms with Crippen molar-refractivity contribution in [2.24, 2.45) is 0 Å². The molecule has 0 unspecified atom stereocenters. The summed E-state index contributed by atoms with van der Waals surface area (Å²) >= 11 is 2.95. The zero-order valence-electron chi connectivity index (χ0n) is 10.4. The van der Waals surface area contributed by atoms with E-state index in [0.29, 0.717) is 5.82 Å². The first kappa shape index (κ1) is 13.2. The summed E-state index contributed by atoms with van der Waals surface area (Å²) in [6.45, 7) is 5.84. The van der Waals surface area contributed by atoms with E-state index in [0.717, 1.165) is 22.3 Å². The highest BCUT2D eigenvalue weighted by Crippen LogP contribution is 2.33. The fourth-order valence-electron chi connectivity index (χ4n) is 1.43. The van der Waals surface area contributed by atoms with Gasteiger partial charge in [-0.3, -0.25) is 4.79 Å². The van der Waals surface area contributed by atoms with Gasteiger partial charge in [0.05, 0.1) is 5.25 Å². The van der Waals surface area contributed by atoms with Gasteiger partial charge in [0.25, 0.3) is 5.56 Å². The van der Waals surface area contributed by atoms with Crippen LogP contribution in [0, 0.1) is 6.92 Å². The Bertz CT molecular complexity index is 593. The SMILES string of the molecule is CCc1nsc(S[C@H](C)c2nc(C)cc(=O)[nH]2)n1. The largest absolute Gasteiger partial charge is 0.310 e. The van der Waals surface area contributed by atoms with E-state index < -0.39 is 0 Å². The Labute approximate surface area is 113 Å². The van der Waals surface area contributed by atoms with Crippen molar-refractivity contribution >= 4 is 23.3 Å². The molecule has 0 aliphatic heterocycles. The minimum absolute atomic E-state index is 0.0512. The van der Waals surface area contributed by atoms with Crippen molar-refractivity contribution in [1.82, 2.24) is 19.3 Å². The van der Waals surface area contributed by atoms with Gasteiger partial charge in [0.2, 0.25) is 0 Å². The first-order valence-electron chi connectivity index (χ1n) is 5.65. The van der Waals surface area contributed by atoms with Crippen molar-refractivity contribution in [3.63, 3.8) is 0 Å². The van der Waals surface area contributed by atoms with Crippen LogP contribution in [0.2, 0.25) is 0 Å². The Balaban J connectivity index is 2.16. The molecule has 18 heavy (non-hydrogen) atoms. The average molecular weight is 282 g/mol. The second-order valence-corrected chi connectivity index (χ2v) is 6.20. The third-order valence-corrected chi connectivity index (χ3v) is 4.25. The Morgan fingerprint density at radius 1 is 1.50 bits per heavy atom. The van der Waals surface area contributed by atoms with Gasteiger partial charge in [0, 0.05) is 18.2 Å². The van der Waals surface area contributed by atoms with Crippen molar-refractivity contribution < 1.29 is 0 Å². The Morgan fingerprint density at radius 2 is 2.28 bits per heavy atom. The predicted octanol–water partition coefficient (Wildman–Crippen LogP) is 2.35. The summed E-state index contributed by atoms with van der Waals surface area (Å²) in [5, 5.41) is 0.0512. The molecule has 0 aliphatic carbocycles. The molecular formula is C11H14N4OS2. The summed E-state index contributed by atoms with van der Waals surface area (Å²) in [5.74, 6) is 1.54. The zero-order chi connectivity index (χ0) is 13.1. The first-order chi connectivity index (χ1) is 8.58. The van der Waals surface area contributed by atoms with Crippen LogP contribution >= 0.6 is 23.3 Å². The molecule has 0 spiro atoms. The standard InChI is InChI=1S/C11H14N4OS2/c1-4-8-13-11(18-15-8)17-7(3)10-12-6(2)5-9(16)14-10/h5,7H,4H2,1-3H3,(H,12,14,16)/t7-/m1/s1. The van der Waals surface area contributed by atoms with E-state index in [1.165, 1.54) is 17.6 Å². The molecule has 0 bridgehead atoms. The van der Waals surface area contributed by atoms with Crippen molar-refractivity contribution in [2.75, 3.05) is 0 Å². The molecule has 5 nitrogen and oxygen atoms in total. The van der Waals surface area contributed by atoms with Crippen LogP contribution in [0.1, 0.15) is 36.4 Å². The summed E-state index contributed by atoms with van der Waals surface area (Å²) in [6, 6.07) is 1.49. The Morgan fingerprint density at radius 3 is 2.89 bits per heavy atom. The van der Waals surface area contributed by atoms with Gasteiger partial charge in [-0.2, -0.15) is 4.37 Å². The third kappa shape index (κ3) is 3.17. The second-order valence-electron chi connectivity index (χ2n) is 3.86. The topological polar surface area (TPSA) is 71.5 Å². The van der Waals surface area contributed by atoms with E-state index in [4.69, 9.17) is 0 Å². The molecule has 0 saturated carbocycles. The summed E-state index contributed by atoms with van der Waals surface area (Å²) in [6.07, 6.45) is 0.838. The van der Waals surface area contributed by atoms with Gasteiger partial charge < -0.3 is 4.98 Å². The second kappa shape index (κ2) is 5.62. The highest BCUT2D eigenvalue weighted by atomic mass is 32.2. The molecular weight excluding hydrogens is 268 g/mol. The maximum Gasteiger partial charge on any atom is 0.251 e. The lowest BCUT2D eigenvalue weighted by Crippen LogP contribution is -2.12. The molecule has 2 rings (SSSR count). The summed E-state index contributed by atoms with van der Waals surface area (Å²) < 4.78 is 5.14. The molecule has 0 aliphatic rings. The van der Waals surface area contributed by atoms with Crippen LogP contribution < -0.4 is 5.56 Å². The van der Waals surface area contributed by atoms with Gasteiger partial charge in [-0.15, -0.1) is 0 Å². The molecule has 0 amide bonds. The van der Waals surface area contributed by atoms with Gasteiger partial charge in [-0.05, 0) is 25.4 Å². The van der Waals surface area contributed by atoms with Crippen LogP contribution in [-0.2, 0) is 6.42 Å². The number of H-pyrrole nitrogens is 1. The van der Waals surface area contributed by atoms with Gasteiger partial charge in [0.1, 0.15) is 11.6 Å². The number of nitrogens with zero attached hydrogens (tertiary/aromatic N) is 3. The summed E-state index contributed by atoms with van der Waals surface area (Å²) in [7, 11) is 0. The van der Waals surface area contributed by atoms with E-state index in [-0.39, 0.29) is 10.8 Å². The van der Waals surface area contributed by atoms with Gasteiger partial charge >= 0.3 is 0 Å². The van der Waals surface area contributed by atoms with Crippen LogP contribution in [0.25, 0.3) is 0 Å². The first-order valence-corrected chi connectivity index (χ1v) is 7.31. The van der Waals surface area contributed by atoms with E-state index in [9.17, 15) is 4.79 Å². The minimum atomic E-state index is -0.114. The van der Waals surface area contributed by atoms with E-state index in [1.807, 2.05) is 20.8 Å². The monoisotopic (exact) mass is 282 g/mol. The van der Waals surface area contributed by atoms with Crippen LogP contribution in [0.5, 0.6) is 0 Å². The lowest BCUT2D eigenvalue weighted by atomic mass is 10.4. The Hall–Kier alpha value is -1.21. The maximum absolute atomic E-state index is 11.4. The van der Waals surface area contributed by atoms with Gasteiger partial charge in [-0.25, -0.2) is 9.97 Å². The number of aromatic nitrogens is 4. The smallest absolute Gasteiger partial charge is 0.251 e. The minimum Gasteiger partial charge on any atom is -0.310 e. The molecule has 2 aromatic heterocycles. The van der Waals surface area contributed by atoms with E-state index >= 15 is 0 Å². The van der Waals surface area contributed by atoms with Crippen molar-refractivity contribution in [2.45, 2.75) is 36.8 Å². The van der Waals surface area contributed by atoms with Crippen molar-refractivity contribution in [3.8, 4) is 0 Å². The number of aromatic amines is 1. The van der Waals surface area contributed by atoms with E-state index in [1.54, 1.807) is 11.8 Å². The highest BCUT2D eigenvalue weighted by Gasteiger charge is 2.13. The average Bonchev–Trinajstić information content (AvgIpc) is 2.75. The molecule has 2 heterocycles. The molecule has 0 fully saturated rings. The quantitative estimate of drug-likeness (QED) is 0.871. The van der Waals surface area contributed by atoms with Crippen molar-refractivity contribution in [3.05, 3.63) is 33.8 Å². The van der Waals surface area contributed by atoms with Crippen LogP contribution in [-0.4, -0.2) is 19.3 Å². The number of hydrogen-bond acceptors (Lipinski definition) is 6. The number of rotatable bonds is 4. The summed E-state index contributed by atoms with van der Waals surface area (Å²) in [5.41, 5.74) is 0.615. The molecule has 0 saturated heterocycles. The number of nitrogens with one attached hydrogen (secondary N) is 1. The maximum atomic E-state index is 11.4. The predicted molar refractivity (Wildman–Crippen MR) is 73.2 cm³/mol. The molecule has 2 aromatic rings. The lowest BCUT2D eigenvalue weighted by Gasteiger charge is -2.08. The molecule has 96 valence electrons. The molecule has 7 heteroatoms. The third-order valence-electron chi connectivity index (χ3n) is 2.32. The van der Waals surface area contributed by atoms with Crippen molar-refractivity contribution in [1.29, 1.82) is 0 Å². The van der Waals surface area contributed by atoms with E-state index in [2.05, 4.69) is 19.3 Å². The molecule has 1 N–H and O–H groups in total. The molecule has 0 aromatic carbocycles. The van der Waals surface area contributed by atoms with Crippen LogP contribution in [0.4, 0.5) is 0 Å². The van der Waals surface area contributed by atoms with Crippen LogP contribution in [0.15, 0.2) is 15.2 Å². The lowest BCUT2D eigenvalue weighted by molar-refractivity contribution is 0.880. The normalized spacial score (nSPS) is 12.6. The summed E-state index contributed by atoms with van der Waals surface area (Å²) in [4.78, 5) is 22.9. The number of thioether (sulfide) groups is 1.